The van der Waals surface area contributed by atoms with Crippen LogP contribution >= 0.6 is 11.6 Å². The number of hydrogen-bond acceptors (Lipinski definition) is 3. The predicted octanol–water partition coefficient (Wildman–Crippen LogP) is 4.12. The van der Waals surface area contributed by atoms with Crippen molar-refractivity contribution in [2.45, 2.75) is 0 Å². The van der Waals surface area contributed by atoms with E-state index in [-0.39, 0.29) is 0 Å². The predicted molar refractivity (Wildman–Crippen MR) is 89.5 cm³/mol. The van der Waals surface area contributed by atoms with Gasteiger partial charge in [-0.15, -0.1) is 10.2 Å². The zero-order valence-electron chi connectivity index (χ0n) is 11.5. The molecule has 0 aliphatic rings. The fraction of sp³-hybridized carbons (Fsp3) is 0. The summed E-state index contributed by atoms with van der Waals surface area (Å²) in [7, 11) is 0. The van der Waals surface area contributed by atoms with E-state index in [9.17, 15) is 0 Å². The van der Waals surface area contributed by atoms with Crippen molar-refractivity contribution >= 4 is 39.4 Å². The summed E-state index contributed by atoms with van der Waals surface area (Å²) >= 11 is 6.58. The normalized spacial score (nSPS) is 11.7. The lowest BCUT2D eigenvalue weighted by molar-refractivity contribution is 0.879. The Balaban J connectivity index is 2.07. The van der Waals surface area contributed by atoms with Crippen molar-refractivity contribution in [3.8, 4) is 0 Å². The molecule has 1 heterocycles. The van der Waals surface area contributed by atoms with Crippen LogP contribution in [-0.4, -0.2) is 21.1 Å². The average molecular weight is 307 g/mol. The Morgan fingerprint density at radius 3 is 1.86 bits per heavy atom. The molecule has 5 heteroatoms. The van der Waals surface area contributed by atoms with E-state index in [1.54, 1.807) is 17.3 Å². The molecule has 0 atom stereocenters. The molecular formula is C17H11ClN4. The maximum absolute atomic E-state index is 6.58. The van der Waals surface area contributed by atoms with Crippen LogP contribution in [0.1, 0.15) is 5.56 Å². The standard InChI is InChI=1S/C17H11ClN4/c18-17-14-7-3-1-5-12(14)16(9-21-22-10-19-20-11-22)13-6-2-4-8-15(13)17/h1-11H. The van der Waals surface area contributed by atoms with Crippen LogP contribution in [0.3, 0.4) is 0 Å². The summed E-state index contributed by atoms with van der Waals surface area (Å²) in [5.74, 6) is 0. The minimum atomic E-state index is 0.771. The third-order valence-corrected chi connectivity index (χ3v) is 4.04. The number of fused-ring (bicyclic) bond motifs is 2. The molecule has 0 saturated heterocycles. The van der Waals surface area contributed by atoms with Gasteiger partial charge in [0.25, 0.3) is 0 Å². The molecule has 0 saturated carbocycles. The van der Waals surface area contributed by atoms with E-state index >= 15 is 0 Å². The quantitative estimate of drug-likeness (QED) is 0.413. The van der Waals surface area contributed by atoms with Gasteiger partial charge in [0.15, 0.2) is 0 Å². The van der Waals surface area contributed by atoms with E-state index in [0.29, 0.717) is 0 Å². The van der Waals surface area contributed by atoms with E-state index in [1.165, 1.54) is 0 Å². The second kappa shape index (κ2) is 5.24. The van der Waals surface area contributed by atoms with Crippen LogP contribution in [0.25, 0.3) is 21.5 Å². The molecule has 0 bridgehead atoms. The molecule has 0 fully saturated rings. The molecule has 0 N–H and O–H groups in total. The summed E-state index contributed by atoms with van der Waals surface area (Å²) in [4.78, 5) is 0. The number of nitrogens with zero attached hydrogens (tertiary/aromatic N) is 4. The smallest absolute Gasteiger partial charge is 0.141 e. The molecule has 0 spiro atoms. The second-order valence-corrected chi connectivity index (χ2v) is 5.28. The number of halogens is 1. The van der Waals surface area contributed by atoms with E-state index < -0.39 is 0 Å². The van der Waals surface area contributed by atoms with Crippen molar-refractivity contribution in [3.63, 3.8) is 0 Å². The number of benzene rings is 3. The molecule has 4 nitrogen and oxygen atoms in total. The highest BCUT2D eigenvalue weighted by Crippen LogP contribution is 2.35. The zero-order valence-corrected chi connectivity index (χ0v) is 12.3. The van der Waals surface area contributed by atoms with Gasteiger partial charge in [-0.3, -0.25) is 0 Å². The average Bonchev–Trinajstić information content (AvgIpc) is 3.08. The molecule has 4 rings (SSSR count). The fourth-order valence-corrected chi connectivity index (χ4v) is 2.96. The number of hydrogen-bond donors (Lipinski definition) is 0. The van der Waals surface area contributed by atoms with Crippen molar-refractivity contribution in [1.29, 1.82) is 0 Å². The molecular weight excluding hydrogens is 296 g/mol. The first-order chi connectivity index (χ1) is 10.8. The Labute approximate surface area is 131 Å². The highest BCUT2D eigenvalue weighted by Gasteiger charge is 2.10. The summed E-state index contributed by atoms with van der Waals surface area (Å²) in [6.07, 6.45) is 4.93. The van der Waals surface area contributed by atoms with Crippen molar-refractivity contribution < 1.29 is 0 Å². The highest BCUT2D eigenvalue weighted by molar-refractivity contribution is 6.42. The number of rotatable bonds is 2. The van der Waals surface area contributed by atoms with Crippen LogP contribution < -0.4 is 0 Å². The van der Waals surface area contributed by atoms with Gasteiger partial charge in [0.1, 0.15) is 12.7 Å². The van der Waals surface area contributed by atoms with Gasteiger partial charge in [0.2, 0.25) is 0 Å². The summed E-state index contributed by atoms with van der Waals surface area (Å²) in [5, 5.41) is 16.9. The van der Waals surface area contributed by atoms with Crippen molar-refractivity contribution in [1.82, 2.24) is 14.9 Å². The maximum Gasteiger partial charge on any atom is 0.141 e. The van der Waals surface area contributed by atoms with Gasteiger partial charge >= 0.3 is 0 Å². The molecule has 0 aliphatic heterocycles. The summed E-state index contributed by atoms with van der Waals surface area (Å²) in [6, 6.07) is 16.2. The van der Waals surface area contributed by atoms with Crippen molar-refractivity contribution in [2.75, 3.05) is 0 Å². The highest BCUT2D eigenvalue weighted by atomic mass is 35.5. The molecule has 4 aromatic rings. The Bertz CT molecular complexity index is 933. The minimum Gasteiger partial charge on any atom is -0.208 e. The summed E-state index contributed by atoms with van der Waals surface area (Å²) < 4.78 is 1.57. The van der Waals surface area contributed by atoms with E-state index in [0.717, 1.165) is 32.1 Å². The van der Waals surface area contributed by atoms with Crippen LogP contribution in [0.4, 0.5) is 0 Å². The van der Waals surface area contributed by atoms with Crippen LogP contribution in [0.5, 0.6) is 0 Å². The van der Waals surface area contributed by atoms with Gasteiger partial charge in [-0.25, -0.2) is 4.68 Å². The van der Waals surface area contributed by atoms with Crippen LogP contribution in [0.15, 0.2) is 66.3 Å². The molecule has 0 unspecified atom stereocenters. The minimum absolute atomic E-state index is 0.771. The summed E-state index contributed by atoms with van der Waals surface area (Å²) in [6.45, 7) is 0. The first kappa shape index (κ1) is 13.0. The zero-order chi connectivity index (χ0) is 14.9. The van der Waals surface area contributed by atoms with E-state index in [2.05, 4.69) is 27.4 Å². The molecule has 106 valence electrons. The van der Waals surface area contributed by atoms with Gasteiger partial charge in [-0.2, -0.15) is 5.10 Å². The SMILES string of the molecule is Clc1c2ccccc2c(C=Nn2cnnc2)c2ccccc12. The molecule has 0 radical (unpaired) electrons. The lowest BCUT2D eigenvalue weighted by Gasteiger charge is -2.10. The van der Waals surface area contributed by atoms with E-state index in [1.807, 2.05) is 42.6 Å². The Morgan fingerprint density at radius 2 is 1.32 bits per heavy atom. The van der Waals surface area contributed by atoms with Crippen LogP contribution in [0.2, 0.25) is 5.02 Å². The lowest BCUT2D eigenvalue weighted by atomic mass is 9.97. The second-order valence-electron chi connectivity index (χ2n) is 4.91. The first-order valence-corrected chi connectivity index (χ1v) is 7.20. The number of aromatic nitrogens is 3. The van der Waals surface area contributed by atoms with Crippen molar-refractivity contribution in [3.05, 3.63) is 71.8 Å². The fourth-order valence-electron chi connectivity index (χ4n) is 2.63. The van der Waals surface area contributed by atoms with Gasteiger partial charge in [0.05, 0.1) is 11.2 Å². The largest absolute Gasteiger partial charge is 0.208 e. The Morgan fingerprint density at radius 1 is 0.818 bits per heavy atom. The summed E-state index contributed by atoms with van der Waals surface area (Å²) in [5.41, 5.74) is 1.03. The van der Waals surface area contributed by atoms with Gasteiger partial charge in [-0.05, 0) is 10.8 Å². The first-order valence-electron chi connectivity index (χ1n) is 6.82. The van der Waals surface area contributed by atoms with Gasteiger partial charge in [0, 0.05) is 16.3 Å². The van der Waals surface area contributed by atoms with E-state index in [4.69, 9.17) is 11.6 Å². The maximum atomic E-state index is 6.58. The van der Waals surface area contributed by atoms with Crippen LogP contribution in [0, 0.1) is 0 Å². The third kappa shape index (κ3) is 2.05. The molecule has 1 aromatic heterocycles. The molecule has 0 aliphatic carbocycles. The molecule has 3 aromatic carbocycles. The van der Waals surface area contributed by atoms with Gasteiger partial charge < -0.3 is 0 Å². The Hall–Kier alpha value is -2.72. The van der Waals surface area contributed by atoms with Gasteiger partial charge in [-0.1, -0.05) is 60.1 Å². The third-order valence-electron chi connectivity index (χ3n) is 3.63. The monoisotopic (exact) mass is 306 g/mol. The lowest BCUT2D eigenvalue weighted by Crippen LogP contribution is -1.92. The molecule has 22 heavy (non-hydrogen) atoms. The Kier molecular flexibility index (Phi) is 3.09. The van der Waals surface area contributed by atoms with Crippen LogP contribution in [-0.2, 0) is 0 Å². The molecule has 0 amide bonds. The van der Waals surface area contributed by atoms with Crippen molar-refractivity contribution in [2.24, 2.45) is 5.10 Å². The topological polar surface area (TPSA) is 43.1 Å².